The Hall–Kier alpha value is -0.730. The van der Waals surface area contributed by atoms with Crippen LogP contribution >= 0.6 is 11.6 Å². The molecule has 1 rings (SSSR count). The van der Waals surface area contributed by atoms with E-state index < -0.39 is 0 Å². The summed E-state index contributed by atoms with van der Waals surface area (Å²) in [6, 6.07) is 6.10. The zero-order valence-corrected chi connectivity index (χ0v) is 12.5. The van der Waals surface area contributed by atoms with Gasteiger partial charge in [-0.3, -0.25) is 4.90 Å². The molecule has 0 aliphatic carbocycles. The Morgan fingerprint density at radius 3 is 2.44 bits per heavy atom. The third-order valence-electron chi connectivity index (χ3n) is 3.05. The molecule has 102 valence electrons. The Morgan fingerprint density at radius 2 is 1.89 bits per heavy atom. The summed E-state index contributed by atoms with van der Waals surface area (Å²) in [6.45, 7) is 10.3. The second kappa shape index (κ2) is 8.39. The number of hydrogen-bond donors (Lipinski definition) is 0. The predicted molar refractivity (Wildman–Crippen MR) is 78.5 cm³/mol. The maximum Gasteiger partial charge on any atom is 0.137 e. The highest BCUT2D eigenvalue weighted by molar-refractivity contribution is 6.32. The molecule has 0 heterocycles. The summed E-state index contributed by atoms with van der Waals surface area (Å²) in [5, 5.41) is 0.718. The minimum Gasteiger partial charge on any atom is -0.492 e. The third kappa shape index (κ3) is 4.87. The maximum atomic E-state index is 6.23. The molecule has 0 bridgehead atoms. The number of rotatable bonds is 8. The molecule has 0 N–H and O–H groups in total. The molecule has 18 heavy (non-hydrogen) atoms. The van der Waals surface area contributed by atoms with Gasteiger partial charge in [0, 0.05) is 6.54 Å². The quantitative estimate of drug-likeness (QED) is 0.650. The number of benzene rings is 1. The lowest BCUT2D eigenvalue weighted by atomic mass is 10.2. The number of ether oxygens (including phenoxy) is 1. The first-order valence-corrected chi connectivity index (χ1v) is 7.22. The molecule has 1 aromatic rings. The van der Waals surface area contributed by atoms with E-state index in [1.165, 1.54) is 5.56 Å². The van der Waals surface area contributed by atoms with Crippen molar-refractivity contribution in [2.45, 2.75) is 40.2 Å². The van der Waals surface area contributed by atoms with Gasteiger partial charge < -0.3 is 4.74 Å². The average Bonchev–Trinajstić information content (AvgIpc) is 2.38. The fourth-order valence-electron chi connectivity index (χ4n) is 1.79. The van der Waals surface area contributed by atoms with E-state index in [-0.39, 0.29) is 0 Å². The summed E-state index contributed by atoms with van der Waals surface area (Å²) >= 11 is 6.23. The highest BCUT2D eigenvalue weighted by Crippen LogP contribution is 2.26. The minimum absolute atomic E-state index is 0.718. The van der Waals surface area contributed by atoms with Gasteiger partial charge in [-0.2, -0.15) is 0 Å². The van der Waals surface area contributed by atoms with Crippen LogP contribution in [0.3, 0.4) is 0 Å². The molecule has 3 heteroatoms. The molecule has 0 spiro atoms. The van der Waals surface area contributed by atoms with Crippen LogP contribution in [-0.4, -0.2) is 24.6 Å². The van der Waals surface area contributed by atoms with Gasteiger partial charge in [0.1, 0.15) is 5.75 Å². The summed E-state index contributed by atoms with van der Waals surface area (Å²) in [5.74, 6) is 0.799. The van der Waals surface area contributed by atoms with E-state index in [4.69, 9.17) is 16.3 Å². The Balaban J connectivity index is 2.61. The summed E-state index contributed by atoms with van der Waals surface area (Å²) in [7, 11) is 0. The standard InChI is InChI=1S/C15H24ClNO/c1-4-7-10-18-15-9-8-13(11-14(15)16)12-17(5-2)6-3/h8-9,11H,4-7,10,12H2,1-3H3. The van der Waals surface area contributed by atoms with E-state index in [0.29, 0.717) is 0 Å². The SMILES string of the molecule is CCCCOc1ccc(CN(CC)CC)cc1Cl. The molecular weight excluding hydrogens is 246 g/mol. The van der Waals surface area contributed by atoms with E-state index in [0.717, 1.165) is 49.9 Å². The van der Waals surface area contributed by atoms with E-state index in [9.17, 15) is 0 Å². The highest BCUT2D eigenvalue weighted by atomic mass is 35.5. The van der Waals surface area contributed by atoms with Crippen LogP contribution in [0.15, 0.2) is 18.2 Å². The van der Waals surface area contributed by atoms with Crippen LogP contribution in [0.25, 0.3) is 0 Å². The van der Waals surface area contributed by atoms with Gasteiger partial charge in [-0.05, 0) is 37.2 Å². The van der Waals surface area contributed by atoms with Crippen LogP contribution in [-0.2, 0) is 6.54 Å². The van der Waals surface area contributed by atoms with E-state index >= 15 is 0 Å². The van der Waals surface area contributed by atoms with E-state index in [1.54, 1.807) is 0 Å². The molecule has 0 unspecified atom stereocenters. The first-order chi connectivity index (χ1) is 8.71. The Bertz CT molecular complexity index is 350. The van der Waals surface area contributed by atoms with E-state index in [1.807, 2.05) is 12.1 Å². The lowest BCUT2D eigenvalue weighted by molar-refractivity contribution is 0.294. The molecule has 0 saturated heterocycles. The monoisotopic (exact) mass is 269 g/mol. The molecule has 0 aliphatic heterocycles. The van der Waals surface area contributed by atoms with Crippen LogP contribution in [0, 0.1) is 0 Å². The Labute approximate surface area is 116 Å². The molecular formula is C15H24ClNO. The van der Waals surface area contributed by atoms with Crippen molar-refractivity contribution < 1.29 is 4.74 Å². The van der Waals surface area contributed by atoms with Crippen molar-refractivity contribution in [3.05, 3.63) is 28.8 Å². The van der Waals surface area contributed by atoms with Crippen molar-refractivity contribution in [2.24, 2.45) is 0 Å². The Morgan fingerprint density at radius 1 is 1.17 bits per heavy atom. The molecule has 0 aromatic heterocycles. The number of unbranched alkanes of at least 4 members (excludes halogenated alkanes) is 1. The zero-order chi connectivity index (χ0) is 13.4. The van der Waals surface area contributed by atoms with Gasteiger partial charge in [0.25, 0.3) is 0 Å². The van der Waals surface area contributed by atoms with Crippen molar-refractivity contribution in [3.8, 4) is 5.75 Å². The second-order valence-electron chi connectivity index (χ2n) is 4.43. The number of hydrogen-bond acceptors (Lipinski definition) is 2. The van der Waals surface area contributed by atoms with Gasteiger partial charge >= 0.3 is 0 Å². The largest absolute Gasteiger partial charge is 0.492 e. The molecule has 0 atom stereocenters. The summed E-state index contributed by atoms with van der Waals surface area (Å²) < 4.78 is 5.64. The van der Waals surface area contributed by atoms with Crippen molar-refractivity contribution in [1.82, 2.24) is 4.90 Å². The molecule has 0 aliphatic rings. The number of nitrogens with zero attached hydrogens (tertiary/aromatic N) is 1. The first kappa shape index (κ1) is 15.3. The fourth-order valence-corrected chi connectivity index (χ4v) is 2.05. The van der Waals surface area contributed by atoms with Gasteiger partial charge in [-0.25, -0.2) is 0 Å². The average molecular weight is 270 g/mol. The number of halogens is 1. The van der Waals surface area contributed by atoms with Crippen LogP contribution in [0.5, 0.6) is 5.75 Å². The summed E-state index contributed by atoms with van der Waals surface area (Å²) in [6.07, 6.45) is 2.20. The van der Waals surface area contributed by atoms with Gasteiger partial charge in [0.15, 0.2) is 0 Å². The van der Waals surface area contributed by atoms with Crippen molar-refractivity contribution in [3.63, 3.8) is 0 Å². The first-order valence-electron chi connectivity index (χ1n) is 6.84. The van der Waals surface area contributed by atoms with Crippen LogP contribution in [0.2, 0.25) is 5.02 Å². The third-order valence-corrected chi connectivity index (χ3v) is 3.35. The predicted octanol–water partition coefficient (Wildman–Crippen LogP) is 4.36. The topological polar surface area (TPSA) is 12.5 Å². The van der Waals surface area contributed by atoms with Crippen molar-refractivity contribution in [2.75, 3.05) is 19.7 Å². The van der Waals surface area contributed by atoms with Gasteiger partial charge in [0.05, 0.1) is 11.6 Å². The molecule has 0 radical (unpaired) electrons. The summed E-state index contributed by atoms with van der Waals surface area (Å²) in [4.78, 5) is 2.36. The highest BCUT2D eigenvalue weighted by Gasteiger charge is 2.05. The maximum absolute atomic E-state index is 6.23. The van der Waals surface area contributed by atoms with Gasteiger partial charge in [0.2, 0.25) is 0 Å². The normalized spacial score (nSPS) is 10.9. The van der Waals surface area contributed by atoms with Crippen LogP contribution in [0.1, 0.15) is 39.2 Å². The lowest BCUT2D eigenvalue weighted by Crippen LogP contribution is -2.22. The van der Waals surface area contributed by atoms with E-state index in [2.05, 4.69) is 31.7 Å². The van der Waals surface area contributed by atoms with Gasteiger partial charge in [-0.15, -0.1) is 0 Å². The van der Waals surface area contributed by atoms with Gasteiger partial charge in [-0.1, -0.05) is 44.9 Å². The molecule has 0 saturated carbocycles. The Kier molecular flexibility index (Phi) is 7.14. The summed E-state index contributed by atoms with van der Waals surface area (Å²) in [5.41, 5.74) is 1.24. The molecule has 1 aromatic carbocycles. The van der Waals surface area contributed by atoms with Crippen molar-refractivity contribution >= 4 is 11.6 Å². The molecule has 0 fully saturated rings. The lowest BCUT2D eigenvalue weighted by Gasteiger charge is -2.18. The fraction of sp³-hybridized carbons (Fsp3) is 0.600. The smallest absolute Gasteiger partial charge is 0.137 e. The van der Waals surface area contributed by atoms with Crippen LogP contribution < -0.4 is 4.74 Å². The van der Waals surface area contributed by atoms with Crippen molar-refractivity contribution in [1.29, 1.82) is 0 Å². The minimum atomic E-state index is 0.718. The molecule has 0 amide bonds. The second-order valence-corrected chi connectivity index (χ2v) is 4.84. The van der Waals surface area contributed by atoms with Crippen LogP contribution in [0.4, 0.5) is 0 Å². The molecule has 2 nitrogen and oxygen atoms in total. The zero-order valence-electron chi connectivity index (χ0n) is 11.7.